The third-order valence-electron chi connectivity index (χ3n) is 4.78. The van der Waals surface area contributed by atoms with Gasteiger partial charge in [-0.1, -0.05) is 12.1 Å². The summed E-state index contributed by atoms with van der Waals surface area (Å²) in [5.74, 6) is -0.568. The molecule has 3 heterocycles. The lowest BCUT2D eigenvalue weighted by molar-refractivity contribution is 0.626. The summed E-state index contributed by atoms with van der Waals surface area (Å²) in [6.07, 6.45) is 5.22. The zero-order valence-electron chi connectivity index (χ0n) is 15.7. The van der Waals surface area contributed by atoms with Crippen molar-refractivity contribution >= 4 is 23.0 Å². The second-order valence-corrected chi connectivity index (χ2v) is 7.70. The Labute approximate surface area is 176 Å². The second kappa shape index (κ2) is 7.72. The van der Waals surface area contributed by atoms with Crippen molar-refractivity contribution in [2.75, 3.05) is 0 Å². The van der Waals surface area contributed by atoms with Crippen LogP contribution in [0.1, 0.15) is 0 Å². The highest BCUT2D eigenvalue weighted by Gasteiger charge is 2.22. The monoisotopic (exact) mass is 415 g/mol. The quantitative estimate of drug-likeness (QED) is 0.331. The van der Waals surface area contributed by atoms with Crippen LogP contribution in [0.4, 0.5) is 8.78 Å². The summed E-state index contributed by atoms with van der Waals surface area (Å²) in [4.78, 5) is 9.67. The third-order valence-corrected chi connectivity index (χ3v) is 5.82. The molecule has 0 bridgehead atoms. The molecule has 0 spiro atoms. The highest BCUT2D eigenvalue weighted by molar-refractivity contribution is 7.98. The van der Waals surface area contributed by atoms with Gasteiger partial charge in [-0.05, 0) is 78.2 Å². The van der Waals surface area contributed by atoms with Crippen LogP contribution in [0.2, 0.25) is 0 Å². The summed E-state index contributed by atoms with van der Waals surface area (Å²) in [6, 6.07) is 20.5. The van der Waals surface area contributed by atoms with Crippen LogP contribution in [0.5, 0.6) is 0 Å². The summed E-state index contributed by atoms with van der Waals surface area (Å²) in [5.41, 5.74) is 5.38. The molecule has 5 aromatic rings. The van der Waals surface area contributed by atoms with Crippen molar-refractivity contribution < 1.29 is 8.78 Å². The second-order valence-electron chi connectivity index (χ2n) is 6.68. The van der Waals surface area contributed by atoms with Gasteiger partial charge < -0.3 is 0 Å². The molecule has 6 heteroatoms. The summed E-state index contributed by atoms with van der Waals surface area (Å²) in [7, 11) is 0. The first-order valence-electron chi connectivity index (χ1n) is 9.30. The first-order chi connectivity index (χ1) is 14.7. The van der Waals surface area contributed by atoms with Gasteiger partial charge in [0.05, 0.1) is 16.7 Å². The minimum Gasteiger partial charge on any atom is -0.277 e. The fourth-order valence-corrected chi connectivity index (χ4v) is 4.45. The maximum atomic E-state index is 13.6. The van der Waals surface area contributed by atoms with E-state index in [0.29, 0.717) is 0 Å². The normalized spacial score (nSPS) is 11.1. The standard InChI is InChI=1S/C24H15F2N3S/c25-18-5-3-16(4-6-18)22-23-21(2-1-13-28-23)29(24(22)17-11-14-27-15-12-17)30-20-9-7-19(26)8-10-20/h1-15H. The third kappa shape index (κ3) is 3.35. The van der Waals surface area contributed by atoms with E-state index in [1.807, 2.05) is 24.3 Å². The fraction of sp³-hybridized carbons (Fsp3) is 0. The molecule has 0 aliphatic heterocycles. The molecule has 0 aliphatic carbocycles. The van der Waals surface area contributed by atoms with Crippen molar-refractivity contribution in [2.45, 2.75) is 4.90 Å². The fourth-order valence-electron chi connectivity index (χ4n) is 3.44. The highest BCUT2D eigenvalue weighted by Crippen LogP contribution is 2.43. The predicted octanol–water partition coefficient (Wildman–Crippen LogP) is 6.60. The van der Waals surface area contributed by atoms with E-state index < -0.39 is 0 Å². The van der Waals surface area contributed by atoms with Crippen molar-refractivity contribution in [2.24, 2.45) is 0 Å². The minimum atomic E-state index is -0.290. The molecule has 3 aromatic heterocycles. The van der Waals surface area contributed by atoms with Crippen molar-refractivity contribution in [3.63, 3.8) is 0 Å². The number of aromatic nitrogens is 3. The van der Waals surface area contributed by atoms with E-state index in [-0.39, 0.29) is 11.6 Å². The lowest BCUT2D eigenvalue weighted by Gasteiger charge is -2.12. The molecule has 2 aromatic carbocycles. The zero-order chi connectivity index (χ0) is 20.5. The number of hydrogen-bond acceptors (Lipinski definition) is 3. The van der Waals surface area contributed by atoms with Crippen LogP contribution in [0, 0.1) is 11.6 Å². The van der Waals surface area contributed by atoms with E-state index in [0.717, 1.165) is 38.3 Å². The topological polar surface area (TPSA) is 30.7 Å². The lowest BCUT2D eigenvalue weighted by Crippen LogP contribution is -1.93. The number of rotatable bonds is 4. The minimum absolute atomic E-state index is 0.278. The van der Waals surface area contributed by atoms with Gasteiger partial charge in [-0.25, -0.2) is 8.78 Å². The number of halogens is 2. The smallest absolute Gasteiger partial charge is 0.123 e. The van der Waals surface area contributed by atoms with Gasteiger partial charge in [0.25, 0.3) is 0 Å². The van der Waals surface area contributed by atoms with Gasteiger partial charge in [0.1, 0.15) is 11.6 Å². The molecule has 0 N–H and O–H groups in total. The van der Waals surface area contributed by atoms with Crippen LogP contribution < -0.4 is 0 Å². The number of hydrogen-bond donors (Lipinski definition) is 0. The van der Waals surface area contributed by atoms with Gasteiger partial charge in [-0.2, -0.15) is 0 Å². The lowest BCUT2D eigenvalue weighted by atomic mass is 10.0. The molecule has 146 valence electrons. The molecule has 0 atom stereocenters. The van der Waals surface area contributed by atoms with E-state index in [1.165, 1.54) is 36.2 Å². The maximum Gasteiger partial charge on any atom is 0.123 e. The van der Waals surface area contributed by atoms with Gasteiger partial charge in [-0.3, -0.25) is 13.9 Å². The van der Waals surface area contributed by atoms with Crippen LogP contribution in [-0.2, 0) is 0 Å². The predicted molar refractivity (Wildman–Crippen MR) is 116 cm³/mol. The van der Waals surface area contributed by atoms with Gasteiger partial charge in [-0.15, -0.1) is 0 Å². The van der Waals surface area contributed by atoms with Gasteiger partial charge in [0, 0.05) is 34.6 Å². The average Bonchev–Trinajstić information content (AvgIpc) is 3.11. The summed E-state index contributed by atoms with van der Waals surface area (Å²) in [6.45, 7) is 0. The van der Waals surface area contributed by atoms with E-state index in [9.17, 15) is 8.78 Å². The molecule has 0 radical (unpaired) electrons. The SMILES string of the molecule is Fc1ccc(Sn2c(-c3ccncc3)c(-c3ccc(F)cc3)c3ncccc32)cc1. The van der Waals surface area contributed by atoms with Crippen molar-refractivity contribution in [1.82, 2.24) is 13.9 Å². The van der Waals surface area contributed by atoms with Gasteiger partial charge in [0.15, 0.2) is 0 Å². The van der Waals surface area contributed by atoms with E-state index in [4.69, 9.17) is 0 Å². The average molecular weight is 415 g/mol. The van der Waals surface area contributed by atoms with E-state index >= 15 is 0 Å². The molecule has 0 amide bonds. The van der Waals surface area contributed by atoms with E-state index in [2.05, 4.69) is 13.9 Å². The number of nitrogens with zero attached hydrogens (tertiary/aromatic N) is 3. The molecule has 0 unspecified atom stereocenters. The molecule has 0 aliphatic rings. The van der Waals surface area contributed by atoms with Crippen molar-refractivity contribution in [3.8, 4) is 22.4 Å². The van der Waals surface area contributed by atoms with Crippen molar-refractivity contribution in [1.29, 1.82) is 0 Å². The number of fused-ring (bicyclic) bond motifs is 1. The summed E-state index contributed by atoms with van der Waals surface area (Å²) in [5, 5.41) is 0. The van der Waals surface area contributed by atoms with Crippen LogP contribution in [0.25, 0.3) is 33.4 Å². The largest absolute Gasteiger partial charge is 0.277 e. The molecule has 3 nitrogen and oxygen atoms in total. The van der Waals surface area contributed by atoms with Crippen LogP contribution in [0.3, 0.4) is 0 Å². The summed E-state index contributed by atoms with van der Waals surface area (Å²) >= 11 is 1.48. The number of benzene rings is 2. The number of pyridine rings is 2. The molecule has 5 rings (SSSR count). The molecular weight excluding hydrogens is 400 g/mol. The first kappa shape index (κ1) is 18.5. The Bertz CT molecular complexity index is 1310. The zero-order valence-corrected chi connectivity index (χ0v) is 16.5. The Morgan fingerprint density at radius 2 is 1.37 bits per heavy atom. The Kier molecular flexibility index (Phi) is 4.77. The van der Waals surface area contributed by atoms with Crippen LogP contribution in [0.15, 0.2) is 96.3 Å². The Morgan fingerprint density at radius 3 is 2.07 bits per heavy atom. The molecular formula is C24H15F2N3S. The molecule has 0 saturated heterocycles. The Hall–Kier alpha value is -3.51. The first-order valence-corrected chi connectivity index (χ1v) is 10.1. The summed E-state index contributed by atoms with van der Waals surface area (Å²) < 4.78 is 29.1. The molecule has 30 heavy (non-hydrogen) atoms. The molecule has 0 fully saturated rings. The van der Waals surface area contributed by atoms with Gasteiger partial charge in [0.2, 0.25) is 0 Å². The molecule has 0 saturated carbocycles. The highest BCUT2D eigenvalue weighted by atomic mass is 32.2. The Balaban J connectivity index is 1.82. The van der Waals surface area contributed by atoms with Crippen molar-refractivity contribution in [3.05, 3.63) is 103 Å². The van der Waals surface area contributed by atoms with E-state index in [1.54, 1.807) is 42.9 Å². The van der Waals surface area contributed by atoms with Crippen LogP contribution >= 0.6 is 11.9 Å². The maximum absolute atomic E-state index is 13.6. The van der Waals surface area contributed by atoms with Gasteiger partial charge >= 0.3 is 0 Å². The van der Waals surface area contributed by atoms with Crippen LogP contribution in [-0.4, -0.2) is 13.9 Å². The Morgan fingerprint density at radius 1 is 0.700 bits per heavy atom.